The molecule has 34 heavy (non-hydrogen) atoms. The zero-order valence-electron chi connectivity index (χ0n) is 18.8. The Labute approximate surface area is 200 Å². The first-order valence-electron chi connectivity index (χ1n) is 11.4. The van der Waals surface area contributed by atoms with Crippen molar-refractivity contribution in [3.8, 4) is 0 Å². The summed E-state index contributed by atoms with van der Waals surface area (Å²) in [5.74, 6) is -1.25. The van der Waals surface area contributed by atoms with Crippen molar-refractivity contribution in [2.45, 2.75) is 49.9 Å². The fourth-order valence-corrected chi connectivity index (χ4v) is 6.36. The van der Waals surface area contributed by atoms with Gasteiger partial charge in [-0.1, -0.05) is 29.8 Å². The molecule has 0 saturated carbocycles. The van der Waals surface area contributed by atoms with Crippen LogP contribution in [0.15, 0.2) is 41.3 Å². The van der Waals surface area contributed by atoms with Crippen molar-refractivity contribution in [1.82, 2.24) is 0 Å². The van der Waals surface area contributed by atoms with Crippen molar-refractivity contribution in [1.29, 1.82) is 0 Å². The number of carboxylic acids is 1. The molecule has 2 fully saturated rings. The van der Waals surface area contributed by atoms with Crippen LogP contribution in [-0.2, 0) is 16.0 Å². The Kier molecular flexibility index (Phi) is 5.96. The lowest BCUT2D eigenvalue weighted by Crippen LogP contribution is -2.70. The second-order valence-electron chi connectivity index (χ2n) is 9.58. The van der Waals surface area contributed by atoms with Crippen LogP contribution in [0.5, 0.6) is 0 Å². The van der Waals surface area contributed by atoms with Gasteiger partial charge in [-0.3, -0.25) is 9.28 Å². The summed E-state index contributed by atoms with van der Waals surface area (Å²) < 4.78 is 5.86. The summed E-state index contributed by atoms with van der Waals surface area (Å²) >= 11 is 1.46. The highest BCUT2D eigenvalue weighted by atomic mass is 32.1. The van der Waals surface area contributed by atoms with Gasteiger partial charge in [0.1, 0.15) is 12.2 Å². The lowest BCUT2D eigenvalue weighted by Gasteiger charge is -2.50. The highest BCUT2D eigenvalue weighted by Gasteiger charge is 2.54. The number of quaternary nitrogens is 1. The predicted molar refractivity (Wildman–Crippen MR) is 124 cm³/mol. The molecule has 0 radical (unpaired) electrons. The number of nitrogens with zero attached hydrogens (tertiary/aromatic N) is 1. The van der Waals surface area contributed by atoms with Crippen LogP contribution < -0.4 is 0 Å². The van der Waals surface area contributed by atoms with Gasteiger partial charge in [-0.25, -0.2) is 4.79 Å². The summed E-state index contributed by atoms with van der Waals surface area (Å²) in [6, 6.07) is 9.99. The number of Topliss-reactive ketones (excluding diaryl/α,β-unsaturated/α-hetero) is 1. The van der Waals surface area contributed by atoms with E-state index < -0.39 is 36.6 Å². The normalized spacial score (nSPS) is 33.8. The molecule has 2 aliphatic heterocycles. The Morgan fingerprint density at radius 3 is 2.44 bits per heavy atom. The highest BCUT2D eigenvalue weighted by Crippen LogP contribution is 2.42. The zero-order valence-corrected chi connectivity index (χ0v) is 19.6. The van der Waals surface area contributed by atoms with Crippen LogP contribution in [0, 0.1) is 0 Å². The third-order valence-corrected chi connectivity index (χ3v) is 8.43. The second-order valence-corrected chi connectivity index (χ2v) is 10.5. The number of ketones is 1. The summed E-state index contributed by atoms with van der Waals surface area (Å²) in [6.07, 6.45) is -5.62. The monoisotopic (exact) mass is 486 g/mol. The zero-order chi connectivity index (χ0) is 24.2. The molecule has 3 heterocycles. The van der Waals surface area contributed by atoms with Gasteiger partial charge in [0.2, 0.25) is 6.23 Å². The SMILES string of the molecule is C[N+]1(C2O[C@H](C(=O)O)[C@@H](O)[C@H](O)[C@H]2O)CCC(=C2c3ccccc3CC(=O)c3sccc32)CC1. The van der Waals surface area contributed by atoms with E-state index in [1.54, 1.807) is 0 Å². The number of piperidine rings is 1. The molecule has 5 rings (SSSR count). The van der Waals surface area contributed by atoms with Gasteiger partial charge in [0.05, 0.1) is 25.0 Å². The molecule has 1 unspecified atom stereocenters. The van der Waals surface area contributed by atoms with Crippen LogP contribution in [0.25, 0.3) is 5.57 Å². The van der Waals surface area contributed by atoms with Gasteiger partial charge in [-0.2, -0.15) is 0 Å². The van der Waals surface area contributed by atoms with Crippen molar-refractivity contribution in [3.05, 3.63) is 62.9 Å². The number of hydrogen-bond acceptors (Lipinski definition) is 7. The minimum atomic E-state index is -1.70. The number of thiophene rings is 1. The molecule has 9 heteroatoms. The van der Waals surface area contributed by atoms with Crippen LogP contribution in [0.4, 0.5) is 0 Å². The lowest BCUT2D eigenvalue weighted by molar-refractivity contribution is -0.963. The standard InChI is InChI=1S/C25H27NO7S/c1-26(24-21(30)19(28)20(29)22(33-24)25(31)32)9-6-13(7-10-26)18-15-5-3-2-4-14(15)12-17(27)23-16(18)8-11-34-23/h2-5,8,11,19-22,24,28-30H,6-7,9-10,12H2,1H3/p+1/t19-,20-,21+,22-,24?,26?/m0/s1. The Balaban J connectivity index is 1.49. The Morgan fingerprint density at radius 2 is 1.74 bits per heavy atom. The minimum absolute atomic E-state index is 0.121. The highest BCUT2D eigenvalue weighted by molar-refractivity contribution is 7.12. The molecule has 5 atom stereocenters. The summed E-state index contributed by atoms with van der Waals surface area (Å²) in [6.45, 7) is 1.09. The number of fused-ring (bicyclic) bond motifs is 2. The fraction of sp³-hybridized carbons (Fsp3) is 0.440. The van der Waals surface area contributed by atoms with E-state index in [0.717, 1.165) is 27.1 Å². The van der Waals surface area contributed by atoms with Gasteiger partial charge in [-0.05, 0) is 28.1 Å². The maximum absolute atomic E-state index is 12.9. The summed E-state index contributed by atoms with van der Waals surface area (Å²) in [5.41, 5.74) is 5.33. The second kappa shape index (κ2) is 8.67. The van der Waals surface area contributed by atoms with Gasteiger partial charge >= 0.3 is 5.97 Å². The van der Waals surface area contributed by atoms with Crippen LogP contribution >= 0.6 is 11.3 Å². The fourth-order valence-electron chi connectivity index (χ4n) is 5.52. The number of aliphatic carboxylic acids is 1. The molecule has 4 N–H and O–H groups in total. The molecule has 1 aliphatic carbocycles. The maximum Gasteiger partial charge on any atom is 0.335 e. The summed E-state index contributed by atoms with van der Waals surface area (Å²) in [7, 11) is 1.87. The molecular formula is C25H28NO7S+. The summed E-state index contributed by atoms with van der Waals surface area (Å²) in [5, 5.41) is 42.4. The maximum atomic E-state index is 12.9. The van der Waals surface area contributed by atoms with E-state index in [0.29, 0.717) is 32.4 Å². The minimum Gasteiger partial charge on any atom is -0.479 e. The smallest absolute Gasteiger partial charge is 0.335 e. The van der Waals surface area contributed by atoms with E-state index in [2.05, 4.69) is 6.07 Å². The topological polar surface area (TPSA) is 124 Å². The number of rotatable bonds is 2. The number of hydrogen-bond donors (Lipinski definition) is 4. The Hall–Kier alpha value is -2.40. The molecule has 0 bridgehead atoms. The van der Waals surface area contributed by atoms with E-state index in [1.165, 1.54) is 16.9 Å². The van der Waals surface area contributed by atoms with Crippen molar-refractivity contribution in [3.63, 3.8) is 0 Å². The summed E-state index contributed by atoms with van der Waals surface area (Å²) in [4.78, 5) is 25.2. The quantitative estimate of drug-likeness (QED) is 0.473. The lowest BCUT2D eigenvalue weighted by atomic mass is 9.86. The van der Waals surface area contributed by atoms with Gasteiger partial charge in [0.15, 0.2) is 18.0 Å². The number of likely N-dealkylation sites (tertiary alicyclic amines) is 1. The number of aliphatic hydroxyl groups excluding tert-OH is 3. The number of carbonyl (C=O) groups excluding carboxylic acids is 1. The van der Waals surface area contributed by atoms with Crippen molar-refractivity contribution >= 4 is 28.7 Å². The largest absolute Gasteiger partial charge is 0.479 e. The first-order chi connectivity index (χ1) is 16.2. The van der Waals surface area contributed by atoms with E-state index in [9.17, 15) is 30.0 Å². The van der Waals surface area contributed by atoms with Gasteiger partial charge in [-0.15, -0.1) is 11.3 Å². The molecule has 1 aromatic carbocycles. The van der Waals surface area contributed by atoms with Gasteiger partial charge in [0, 0.05) is 24.8 Å². The molecular weight excluding hydrogens is 458 g/mol. The first-order valence-corrected chi connectivity index (χ1v) is 12.3. The average Bonchev–Trinajstić information content (AvgIpc) is 3.25. The van der Waals surface area contributed by atoms with E-state index in [1.807, 2.05) is 36.7 Å². The molecule has 180 valence electrons. The number of aliphatic hydroxyl groups is 3. The van der Waals surface area contributed by atoms with Crippen LogP contribution in [-0.4, -0.2) is 87.4 Å². The number of carbonyl (C=O) groups is 2. The Bertz CT molecular complexity index is 1160. The number of ether oxygens (including phenoxy) is 1. The number of benzene rings is 1. The predicted octanol–water partition coefficient (Wildman–Crippen LogP) is 1.42. The molecule has 0 amide bonds. The van der Waals surface area contributed by atoms with E-state index in [4.69, 9.17) is 4.74 Å². The molecule has 8 nitrogen and oxygen atoms in total. The molecule has 2 saturated heterocycles. The van der Waals surface area contributed by atoms with Gasteiger partial charge < -0.3 is 25.2 Å². The van der Waals surface area contributed by atoms with E-state index in [-0.39, 0.29) is 10.3 Å². The molecule has 0 spiro atoms. The van der Waals surface area contributed by atoms with Crippen molar-refractivity contribution in [2.24, 2.45) is 0 Å². The molecule has 2 aromatic rings. The van der Waals surface area contributed by atoms with Crippen LogP contribution in [0.2, 0.25) is 0 Å². The molecule has 3 aliphatic rings. The van der Waals surface area contributed by atoms with Crippen molar-refractivity contribution in [2.75, 3.05) is 20.1 Å². The van der Waals surface area contributed by atoms with Crippen molar-refractivity contribution < 1.29 is 39.2 Å². The van der Waals surface area contributed by atoms with Crippen LogP contribution in [0.3, 0.4) is 0 Å². The Morgan fingerprint density at radius 1 is 1.03 bits per heavy atom. The number of carboxylic acid groups (broad SMARTS) is 1. The van der Waals surface area contributed by atoms with Crippen LogP contribution in [0.1, 0.15) is 39.2 Å². The van der Waals surface area contributed by atoms with Gasteiger partial charge in [0.25, 0.3) is 0 Å². The van der Waals surface area contributed by atoms with E-state index >= 15 is 0 Å². The number of likely N-dealkylation sites (N-methyl/N-ethyl adjacent to an activating group) is 1. The third-order valence-electron chi connectivity index (χ3n) is 7.47. The first kappa shape index (κ1) is 23.3. The third kappa shape index (κ3) is 3.73. The average molecular weight is 487 g/mol. The molecule has 1 aromatic heterocycles.